The molecule has 190 valence electrons. The molecule has 1 fully saturated rings. The quantitative estimate of drug-likeness (QED) is 0.141. The van der Waals surface area contributed by atoms with Crippen molar-refractivity contribution in [2.75, 3.05) is 18.6 Å². The van der Waals surface area contributed by atoms with E-state index in [2.05, 4.69) is 11.6 Å². The van der Waals surface area contributed by atoms with Crippen molar-refractivity contribution in [2.45, 2.75) is 19.9 Å². The van der Waals surface area contributed by atoms with E-state index in [1.807, 2.05) is 0 Å². The van der Waals surface area contributed by atoms with Gasteiger partial charge in [-0.05, 0) is 55.3 Å². The van der Waals surface area contributed by atoms with Gasteiger partial charge < -0.3 is 14.6 Å². The Labute approximate surface area is 222 Å². The number of hydrogen-bond acceptors (Lipinski definition) is 8. The van der Waals surface area contributed by atoms with E-state index in [4.69, 9.17) is 21.1 Å². The molecule has 0 spiro atoms. The monoisotopic (exact) mass is 538 g/mol. The predicted octanol–water partition coefficient (Wildman–Crippen LogP) is 5.39. The van der Waals surface area contributed by atoms with E-state index in [0.29, 0.717) is 27.6 Å². The lowest BCUT2D eigenvalue weighted by Crippen LogP contribution is -2.29. The Bertz CT molecular complexity index is 1440. The number of ketones is 1. The molecule has 8 nitrogen and oxygen atoms in total. The molecule has 1 saturated heterocycles. The van der Waals surface area contributed by atoms with Crippen molar-refractivity contribution in [3.8, 4) is 5.75 Å². The summed E-state index contributed by atoms with van der Waals surface area (Å²) in [6, 6.07) is 10.5. The van der Waals surface area contributed by atoms with Gasteiger partial charge in [-0.3, -0.25) is 14.5 Å². The number of carbonyl (C=O) groups is 3. The van der Waals surface area contributed by atoms with Gasteiger partial charge in [-0.2, -0.15) is 0 Å². The van der Waals surface area contributed by atoms with Gasteiger partial charge in [0.1, 0.15) is 23.0 Å². The summed E-state index contributed by atoms with van der Waals surface area (Å²) >= 11 is 7.01. The molecule has 1 N–H and O–H groups in total. The molecule has 1 aromatic heterocycles. The number of esters is 1. The van der Waals surface area contributed by atoms with Crippen LogP contribution in [-0.4, -0.2) is 41.5 Å². The molecule has 3 aromatic rings. The second kappa shape index (κ2) is 10.6. The van der Waals surface area contributed by atoms with E-state index >= 15 is 0 Å². The highest BCUT2D eigenvalue weighted by atomic mass is 35.5. The molecule has 1 atom stereocenters. The maximum atomic E-state index is 13.4. The molecule has 2 heterocycles. The molecule has 0 radical (unpaired) electrons. The fourth-order valence-electron chi connectivity index (χ4n) is 4.05. The number of nitrogens with zero attached hydrogens (tertiary/aromatic N) is 2. The van der Waals surface area contributed by atoms with Crippen LogP contribution in [0.2, 0.25) is 5.02 Å². The lowest BCUT2D eigenvalue weighted by atomic mass is 9.95. The third-order valence-corrected chi connectivity index (χ3v) is 7.20. The number of anilines is 1. The molecule has 0 aliphatic carbocycles. The van der Waals surface area contributed by atoms with Gasteiger partial charge in [0.15, 0.2) is 5.13 Å². The SMILES string of the molecule is C=CCOC(=O)c1sc(N2C(=O)C(=O)C(=C(O)c3ccc(OC)c(C)c3)[C@H]2c2ccc(Cl)cc2)nc1C. The Balaban J connectivity index is 1.88. The summed E-state index contributed by atoms with van der Waals surface area (Å²) in [6.07, 6.45) is 1.44. The van der Waals surface area contributed by atoms with Gasteiger partial charge in [0.05, 0.1) is 24.4 Å². The minimum absolute atomic E-state index is 0.0159. The largest absolute Gasteiger partial charge is 0.507 e. The van der Waals surface area contributed by atoms with Crippen LogP contribution in [0.25, 0.3) is 5.76 Å². The van der Waals surface area contributed by atoms with Gasteiger partial charge >= 0.3 is 11.9 Å². The molecule has 0 bridgehead atoms. The maximum Gasteiger partial charge on any atom is 0.350 e. The molecule has 1 amide bonds. The van der Waals surface area contributed by atoms with E-state index in [-0.39, 0.29) is 27.9 Å². The second-order valence-electron chi connectivity index (χ2n) is 8.20. The van der Waals surface area contributed by atoms with E-state index in [9.17, 15) is 19.5 Å². The van der Waals surface area contributed by atoms with Gasteiger partial charge in [-0.1, -0.05) is 47.7 Å². The van der Waals surface area contributed by atoms with Crippen molar-refractivity contribution in [1.29, 1.82) is 0 Å². The molecule has 1 aliphatic rings. The topological polar surface area (TPSA) is 106 Å². The number of hydrogen-bond donors (Lipinski definition) is 1. The van der Waals surface area contributed by atoms with Crippen LogP contribution in [0.1, 0.15) is 38.1 Å². The molecule has 37 heavy (non-hydrogen) atoms. The molecular formula is C27H23ClN2O6S. The fourth-order valence-corrected chi connectivity index (χ4v) is 5.16. The Morgan fingerprint density at radius 2 is 1.92 bits per heavy atom. The standard InChI is InChI=1S/C27H23ClN2O6S/c1-5-12-36-26(34)24-15(3)29-27(37-24)30-21(16-6-9-18(28)10-7-16)20(23(32)25(30)33)22(31)17-8-11-19(35-4)14(2)13-17/h5-11,13,21,31H,1,12H2,2-4H3/t21-/m1/s1. The van der Waals surface area contributed by atoms with E-state index in [0.717, 1.165) is 16.9 Å². The van der Waals surface area contributed by atoms with Crippen LogP contribution < -0.4 is 9.64 Å². The van der Waals surface area contributed by atoms with E-state index < -0.39 is 23.7 Å². The van der Waals surface area contributed by atoms with Gasteiger partial charge in [0, 0.05) is 10.6 Å². The smallest absolute Gasteiger partial charge is 0.350 e. The van der Waals surface area contributed by atoms with Crippen LogP contribution in [0.5, 0.6) is 5.75 Å². The third kappa shape index (κ3) is 4.87. The number of Topliss-reactive ketones (excluding diaryl/α,β-unsaturated/α-hetero) is 1. The minimum atomic E-state index is -1.01. The summed E-state index contributed by atoms with van der Waals surface area (Å²) in [7, 11) is 1.53. The summed E-state index contributed by atoms with van der Waals surface area (Å²) in [5, 5.41) is 11.9. The predicted molar refractivity (Wildman–Crippen MR) is 141 cm³/mol. The maximum absolute atomic E-state index is 13.4. The summed E-state index contributed by atoms with van der Waals surface area (Å²) in [5.41, 5.74) is 1.84. The van der Waals surface area contributed by atoms with Crippen molar-refractivity contribution in [1.82, 2.24) is 4.98 Å². The number of aliphatic hydroxyl groups is 1. The average Bonchev–Trinajstić information content (AvgIpc) is 3.39. The zero-order chi connectivity index (χ0) is 26.9. The van der Waals surface area contributed by atoms with Crippen molar-refractivity contribution in [2.24, 2.45) is 0 Å². The zero-order valence-corrected chi connectivity index (χ0v) is 21.9. The normalized spacial score (nSPS) is 16.6. The molecule has 2 aromatic carbocycles. The number of benzene rings is 2. The number of thiazole rings is 1. The first kappa shape index (κ1) is 26.1. The molecule has 1 aliphatic heterocycles. The highest BCUT2D eigenvalue weighted by Gasteiger charge is 2.48. The first-order chi connectivity index (χ1) is 17.7. The summed E-state index contributed by atoms with van der Waals surface area (Å²) < 4.78 is 10.4. The molecule has 0 saturated carbocycles. The number of ether oxygens (including phenoxy) is 2. The Morgan fingerprint density at radius 3 is 2.54 bits per heavy atom. The number of amides is 1. The zero-order valence-electron chi connectivity index (χ0n) is 20.3. The van der Waals surface area contributed by atoms with Crippen molar-refractivity contribution >= 4 is 51.5 Å². The van der Waals surface area contributed by atoms with Crippen LogP contribution in [0.15, 0.2) is 60.7 Å². The van der Waals surface area contributed by atoms with Crippen molar-refractivity contribution in [3.05, 3.63) is 93.0 Å². The fraction of sp³-hybridized carbons (Fsp3) is 0.185. The number of methoxy groups -OCH3 is 1. The second-order valence-corrected chi connectivity index (χ2v) is 9.62. The Morgan fingerprint density at radius 1 is 1.22 bits per heavy atom. The van der Waals surface area contributed by atoms with Crippen LogP contribution in [0, 0.1) is 13.8 Å². The van der Waals surface area contributed by atoms with Crippen LogP contribution in [-0.2, 0) is 14.3 Å². The molecule has 4 rings (SSSR count). The minimum Gasteiger partial charge on any atom is -0.507 e. The van der Waals surface area contributed by atoms with Crippen molar-refractivity contribution in [3.63, 3.8) is 0 Å². The Hall–Kier alpha value is -3.95. The lowest BCUT2D eigenvalue weighted by Gasteiger charge is -2.23. The average molecular weight is 539 g/mol. The van der Waals surface area contributed by atoms with Gasteiger partial charge in [-0.25, -0.2) is 9.78 Å². The third-order valence-electron chi connectivity index (χ3n) is 5.81. The van der Waals surface area contributed by atoms with E-state index in [1.165, 1.54) is 18.1 Å². The van der Waals surface area contributed by atoms with E-state index in [1.54, 1.807) is 56.3 Å². The van der Waals surface area contributed by atoms with Gasteiger partial charge in [-0.15, -0.1) is 0 Å². The summed E-state index contributed by atoms with van der Waals surface area (Å²) in [5.74, 6) is -2.11. The molecule has 10 heteroatoms. The van der Waals surface area contributed by atoms with Crippen molar-refractivity contribution < 1.29 is 29.0 Å². The molecular weight excluding hydrogens is 516 g/mol. The number of rotatable bonds is 7. The first-order valence-corrected chi connectivity index (χ1v) is 12.3. The number of aliphatic hydroxyl groups excluding tert-OH is 1. The summed E-state index contributed by atoms with van der Waals surface area (Å²) in [4.78, 5) is 45.0. The highest BCUT2D eigenvalue weighted by Crippen LogP contribution is 2.44. The van der Waals surface area contributed by atoms with Gasteiger partial charge in [0.2, 0.25) is 0 Å². The number of halogens is 1. The highest BCUT2D eigenvalue weighted by molar-refractivity contribution is 7.17. The first-order valence-electron chi connectivity index (χ1n) is 11.1. The molecule has 0 unspecified atom stereocenters. The number of carbonyl (C=O) groups excluding carboxylic acids is 3. The van der Waals surface area contributed by atoms with Crippen LogP contribution >= 0.6 is 22.9 Å². The number of aromatic nitrogens is 1. The van der Waals surface area contributed by atoms with Gasteiger partial charge in [0.25, 0.3) is 5.78 Å². The van der Waals surface area contributed by atoms with Crippen LogP contribution in [0.3, 0.4) is 0 Å². The summed E-state index contributed by atoms with van der Waals surface area (Å²) in [6.45, 7) is 6.95. The van der Waals surface area contributed by atoms with Crippen LogP contribution in [0.4, 0.5) is 5.13 Å². The Kier molecular flexibility index (Phi) is 7.47. The lowest BCUT2D eigenvalue weighted by molar-refractivity contribution is -0.132. The number of aryl methyl sites for hydroxylation is 2.